The maximum Gasteiger partial charge on any atom is 0.303 e. The number of ketones is 1. The Balaban J connectivity index is 2.43. The molecule has 122 valence electrons. The number of aliphatic hydroxyl groups excluding tert-OH is 2. The third-order valence-corrected chi connectivity index (χ3v) is 4.97. The number of fused-ring (bicyclic) bond motifs is 1. The van der Waals surface area contributed by atoms with E-state index in [1.807, 2.05) is 13.8 Å². The molecule has 0 radical (unpaired) electrons. The Bertz CT molecular complexity index is 545. The molecule has 1 fully saturated rings. The quantitative estimate of drug-likeness (QED) is 0.434. The summed E-state index contributed by atoms with van der Waals surface area (Å²) in [5.74, 6) is -1.39. The van der Waals surface area contributed by atoms with Crippen LogP contribution in [-0.2, 0) is 14.3 Å². The van der Waals surface area contributed by atoms with Gasteiger partial charge < -0.3 is 14.9 Å². The van der Waals surface area contributed by atoms with Crippen molar-refractivity contribution in [3.63, 3.8) is 0 Å². The zero-order valence-corrected chi connectivity index (χ0v) is 13.5. The fourth-order valence-electron chi connectivity index (χ4n) is 3.76. The summed E-state index contributed by atoms with van der Waals surface area (Å²) in [6, 6.07) is 0. The van der Waals surface area contributed by atoms with E-state index in [0.717, 1.165) is 0 Å². The number of carbonyl (C=O) groups excluding carboxylic acids is 2. The van der Waals surface area contributed by atoms with E-state index in [-0.39, 0.29) is 23.0 Å². The second-order valence-electron chi connectivity index (χ2n) is 7.09. The molecule has 2 rings (SSSR count). The molecule has 0 spiro atoms. The SMILES string of the molecule is C=C1C(=O)[C@H](OC(C)=O)C=C(C)[C@@H](O)[C@@H](O)[C@H]2[C@@H]1CC2(C)C. The van der Waals surface area contributed by atoms with E-state index < -0.39 is 24.3 Å². The van der Waals surface area contributed by atoms with Crippen LogP contribution in [0.4, 0.5) is 0 Å². The zero-order chi connectivity index (χ0) is 16.8. The molecular weight excluding hydrogens is 284 g/mol. The van der Waals surface area contributed by atoms with Crippen LogP contribution in [0.1, 0.15) is 34.1 Å². The van der Waals surface area contributed by atoms with Crippen molar-refractivity contribution in [3.05, 3.63) is 23.8 Å². The zero-order valence-electron chi connectivity index (χ0n) is 13.5. The molecule has 2 N–H and O–H groups in total. The van der Waals surface area contributed by atoms with E-state index in [1.54, 1.807) is 6.92 Å². The normalized spacial score (nSPS) is 37.9. The predicted molar refractivity (Wildman–Crippen MR) is 80.8 cm³/mol. The van der Waals surface area contributed by atoms with Gasteiger partial charge in [0.15, 0.2) is 6.10 Å². The average molecular weight is 308 g/mol. The van der Waals surface area contributed by atoms with Gasteiger partial charge in [0.25, 0.3) is 0 Å². The Labute approximate surface area is 130 Å². The van der Waals surface area contributed by atoms with Gasteiger partial charge in [0.05, 0.1) is 6.10 Å². The van der Waals surface area contributed by atoms with E-state index >= 15 is 0 Å². The lowest BCUT2D eigenvalue weighted by Crippen LogP contribution is -2.55. The van der Waals surface area contributed by atoms with Gasteiger partial charge in [-0.15, -0.1) is 0 Å². The highest BCUT2D eigenvalue weighted by Gasteiger charge is 2.55. The fraction of sp³-hybridized carbons (Fsp3) is 0.647. The molecule has 2 aliphatic carbocycles. The van der Waals surface area contributed by atoms with Crippen LogP contribution in [0, 0.1) is 17.3 Å². The van der Waals surface area contributed by atoms with Crippen LogP contribution in [0.3, 0.4) is 0 Å². The van der Waals surface area contributed by atoms with E-state index in [1.165, 1.54) is 13.0 Å². The second-order valence-corrected chi connectivity index (χ2v) is 7.09. The molecule has 0 bridgehead atoms. The fourth-order valence-corrected chi connectivity index (χ4v) is 3.76. The largest absolute Gasteiger partial charge is 0.450 e. The Kier molecular flexibility index (Phi) is 4.33. The number of carbonyl (C=O) groups is 2. The molecule has 0 heterocycles. The molecule has 0 aliphatic heterocycles. The van der Waals surface area contributed by atoms with Gasteiger partial charge in [-0.3, -0.25) is 9.59 Å². The summed E-state index contributed by atoms with van der Waals surface area (Å²) in [7, 11) is 0. The van der Waals surface area contributed by atoms with Crippen molar-refractivity contribution in [3.8, 4) is 0 Å². The van der Waals surface area contributed by atoms with Gasteiger partial charge in [-0.25, -0.2) is 0 Å². The van der Waals surface area contributed by atoms with Crippen molar-refractivity contribution in [2.24, 2.45) is 17.3 Å². The highest BCUT2D eigenvalue weighted by atomic mass is 16.5. The highest BCUT2D eigenvalue weighted by Crippen LogP contribution is 2.56. The van der Waals surface area contributed by atoms with Gasteiger partial charge in [-0.1, -0.05) is 20.4 Å². The molecule has 0 aromatic heterocycles. The lowest BCUT2D eigenvalue weighted by Gasteiger charge is -2.54. The molecule has 0 aromatic rings. The molecule has 5 nitrogen and oxygen atoms in total. The first kappa shape index (κ1) is 16.9. The van der Waals surface area contributed by atoms with Crippen molar-refractivity contribution < 1.29 is 24.5 Å². The van der Waals surface area contributed by atoms with Crippen LogP contribution in [0.5, 0.6) is 0 Å². The Hall–Kier alpha value is -1.46. The van der Waals surface area contributed by atoms with Gasteiger partial charge in [0.2, 0.25) is 5.78 Å². The minimum atomic E-state index is -1.09. The molecule has 0 unspecified atom stereocenters. The number of Topliss-reactive ketones (excluding diaryl/α,β-unsaturated/α-hetero) is 1. The van der Waals surface area contributed by atoms with Gasteiger partial charge in [-0.2, -0.15) is 0 Å². The summed E-state index contributed by atoms with van der Waals surface area (Å²) in [5, 5.41) is 20.9. The van der Waals surface area contributed by atoms with Crippen LogP contribution >= 0.6 is 0 Å². The third-order valence-electron chi connectivity index (χ3n) is 4.97. The molecule has 5 atom stereocenters. The molecule has 5 heteroatoms. The Morgan fingerprint density at radius 1 is 1.41 bits per heavy atom. The van der Waals surface area contributed by atoms with Gasteiger partial charge in [0.1, 0.15) is 6.10 Å². The lowest BCUT2D eigenvalue weighted by atomic mass is 9.51. The average Bonchev–Trinajstić information content (AvgIpc) is 2.41. The van der Waals surface area contributed by atoms with E-state index in [0.29, 0.717) is 17.6 Å². The van der Waals surface area contributed by atoms with Crippen LogP contribution in [0.2, 0.25) is 0 Å². The van der Waals surface area contributed by atoms with Gasteiger partial charge in [0, 0.05) is 6.92 Å². The van der Waals surface area contributed by atoms with E-state index in [4.69, 9.17) is 4.74 Å². The van der Waals surface area contributed by atoms with Crippen molar-refractivity contribution >= 4 is 11.8 Å². The summed E-state index contributed by atoms with van der Waals surface area (Å²) >= 11 is 0. The number of aliphatic hydroxyl groups is 2. The molecular formula is C17H24O5. The molecule has 0 aromatic carbocycles. The lowest BCUT2D eigenvalue weighted by molar-refractivity contribution is -0.150. The molecule has 22 heavy (non-hydrogen) atoms. The summed E-state index contributed by atoms with van der Waals surface area (Å²) in [6.07, 6.45) is -1.05. The highest BCUT2D eigenvalue weighted by molar-refractivity contribution is 6.01. The Morgan fingerprint density at radius 3 is 2.50 bits per heavy atom. The van der Waals surface area contributed by atoms with Crippen molar-refractivity contribution in [2.45, 2.75) is 52.4 Å². The van der Waals surface area contributed by atoms with Crippen molar-refractivity contribution in [2.75, 3.05) is 0 Å². The van der Waals surface area contributed by atoms with E-state index in [2.05, 4.69) is 6.58 Å². The molecule has 0 amide bonds. The van der Waals surface area contributed by atoms with E-state index in [9.17, 15) is 19.8 Å². The Morgan fingerprint density at radius 2 is 2.00 bits per heavy atom. The first-order valence-electron chi connectivity index (χ1n) is 7.51. The first-order chi connectivity index (χ1) is 10.1. The topological polar surface area (TPSA) is 83.8 Å². The summed E-state index contributed by atoms with van der Waals surface area (Å²) in [6.45, 7) is 10.7. The maximum absolute atomic E-state index is 12.6. The van der Waals surface area contributed by atoms with Gasteiger partial charge in [-0.05, 0) is 47.8 Å². The smallest absolute Gasteiger partial charge is 0.303 e. The van der Waals surface area contributed by atoms with Crippen LogP contribution in [0.25, 0.3) is 0 Å². The van der Waals surface area contributed by atoms with Crippen LogP contribution in [-0.4, -0.2) is 40.3 Å². The van der Waals surface area contributed by atoms with Crippen LogP contribution < -0.4 is 0 Å². The van der Waals surface area contributed by atoms with Gasteiger partial charge >= 0.3 is 5.97 Å². The van der Waals surface area contributed by atoms with Crippen molar-refractivity contribution in [1.29, 1.82) is 0 Å². The molecule has 2 aliphatic rings. The first-order valence-corrected chi connectivity index (χ1v) is 7.51. The summed E-state index contributed by atoms with van der Waals surface area (Å²) < 4.78 is 5.06. The number of hydrogen-bond acceptors (Lipinski definition) is 5. The second kappa shape index (κ2) is 5.63. The minimum absolute atomic E-state index is 0.185. The number of hydrogen-bond donors (Lipinski definition) is 2. The number of rotatable bonds is 1. The molecule has 1 saturated carbocycles. The van der Waals surface area contributed by atoms with Crippen molar-refractivity contribution in [1.82, 2.24) is 0 Å². The predicted octanol–water partition coefficient (Wildman–Crippen LogP) is 1.39. The third kappa shape index (κ3) is 2.75. The summed E-state index contributed by atoms with van der Waals surface area (Å²) in [4.78, 5) is 23.8. The summed E-state index contributed by atoms with van der Waals surface area (Å²) in [5.41, 5.74) is 0.589. The maximum atomic E-state index is 12.6. The number of ether oxygens (including phenoxy) is 1. The minimum Gasteiger partial charge on any atom is -0.450 e. The standard InChI is InChI=1S/C17H24O5/c1-8-6-12(22-10(3)18)15(20)9(2)11-7-17(4,5)13(11)16(21)14(8)19/h6,11-14,16,19,21H,2,7H2,1,3-5H3/t11-,12-,13-,14-,16+/m1/s1. The number of esters is 1. The van der Waals surface area contributed by atoms with Crippen LogP contribution in [0.15, 0.2) is 23.8 Å². The monoisotopic (exact) mass is 308 g/mol. The molecule has 0 saturated heterocycles.